The van der Waals surface area contributed by atoms with E-state index >= 15 is 0 Å². The maximum absolute atomic E-state index is 13.4. The summed E-state index contributed by atoms with van der Waals surface area (Å²) in [5.74, 6) is 0.0798. The van der Waals surface area contributed by atoms with Crippen molar-refractivity contribution in [3.8, 4) is 22.5 Å². The second-order valence-corrected chi connectivity index (χ2v) is 7.00. The maximum atomic E-state index is 13.4. The molecule has 0 fully saturated rings. The smallest absolute Gasteiger partial charge is 0.274 e. The first-order chi connectivity index (χ1) is 14.5. The third-order valence-corrected chi connectivity index (χ3v) is 5.08. The van der Waals surface area contributed by atoms with Crippen molar-refractivity contribution in [3.05, 3.63) is 82.8 Å². The van der Waals surface area contributed by atoms with Crippen LogP contribution in [-0.4, -0.2) is 24.3 Å². The highest BCUT2D eigenvalue weighted by Crippen LogP contribution is 2.29. The van der Waals surface area contributed by atoms with Crippen LogP contribution in [0.2, 0.25) is 0 Å². The summed E-state index contributed by atoms with van der Waals surface area (Å²) in [5.41, 5.74) is 3.13. The van der Waals surface area contributed by atoms with E-state index in [1.807, 2.05) is 19.1 Å². The standard InChI is InChI=1S/C22H21FN6O/c1-14(16-5-4-11-24-13-16)26-22-25-12-10-18(27-22)20-19(21(30)29(3)28(20)2)15-6-8-17(23)9-7-15/h4-14H,1-3H3,(H,25,26,27)/t14-/m0/s1. The van der Waals surface area contributed by atoms with Gasteiger partial charge in [-0.15, -0.1) is 0 Å². The summed E-state index contributed by atoms with van der Waals surface area (Å²) in [6.45, 7) is 2.00. The van der Waals surface area contributed by atoms with E-state index in [-0.39, 0.29) is 17.4 Å². The number of benzene rings is 1. The molecule has 0 unspecified atom stereocenters. The molecule has 152 valence electrons. The summed E-state index contributed by atoms with van der Waals surface area (Å²) < 4.78 is 16.6. The molecule has 4 rings (SSSR count). The fourth-order valence-electron chi connectivity index (χ4n) is 3.35. The minimum Gasteiger partial charge on any atom is -0.348 e. The molecule has 3 aromatic heterocycles. The van der Waals surface area contributed by atoms with Crippen molar-refractivity contribution in [2.75, 3.05) is 5.32 Å². The first-order valence-corrected chi connectivity index (χ1v) is 9.47. The Morgan fingerprint density at radius 3 is 2.50 bits per heavy atom. The van der Waals surface area contributed by atoms with Crippen molar-refractivity contribution in [1.29, 1.82) is 0 Å². The molecule has 0 saturated heterocycles. The molecule has 0 aliphatic carbocycles. The summed E-state index contributed by atoms with van der Waals surface area (Å²) in [5, 5.41) is 3.27. The Labute approximate surface area is 172 Å². The minimum absolute atomic E-state index is 0.0508. The molecule has 3 heterocycles. The molecule has 30 heavy (non-hydrogen) atoms. The average molecular weight is 404 g/mol. The molecular formula is C22H21FN6O. The van der Waals surface area contributed by atoms with E-state index in [1.165, 1.54) is 16.8 Å². The summed E-state index contributed by atoms with van der Waals surface area (Å²) in [6.07, 6.45) is 5.15. The molecule has 4 aromatic rings. The molecule has 0 bridgehead atoms. The molecule has 7 nitrogen and oxygen atoms in total. The van der Waals surface area contributed by atoms with E-state index in [9.17, 15) is 9.18 Å². The van der Waals surface area contributed by atoms with E-state index in [1.54, 1.807) is 55.6 Å². The van der Waals surface area contributed by atoms with Crippen LogP contribution in [-0.2, 0) is 14.1 Å². The van der Waals surface area contributed by atoms with Gasteiger partial charge in [0.15, 0.2) is 0 Å². The van der Waals surface area contributed by atoms with Gasteiger partial charge in [-0.05, 0) is 42.3 Å². The van der Waals surface area contributed by atoms with Crippen molar-refractivity contribution >= 4 is 5.95 Å². The summed E-state index contributed by atoms with van der Waals surface area (Å²) in [6, 6.07) is 11.4. The van der Waals surface area contributed by atoms with Gasteiger partial charge in [0.2, 0.25) is 5.95 Å². The molecule has 1 aromatic carbocycles. The van der Waals surface area contributed by atoms with Crippen molar-refractivity contribution in [2.45, 2.75) is 13.0 Å². The lowest BCUT2D eigenvalue weighted by atomic mass is 10.0. The van der Waals surface area contributed by atoms with Gasteiger partial charge in [0, 0.05) is 32.7 Å². The van der Waals surface area contributed by atoms with E-state index in [0.29, 0.717) is 28.5 Å². The maximum Gasteiger partial charge on any atom is 0.274 e. The van der Waals surface area contributed by atoms with Crippen LogP contribution in [0.1, 0.15) is 18.5 Å². The Balaban J connectivity index is 1.76. The van der Waals surface area contributed by atoms with Crippen LogP contribution < -0.4 is 10.9 Å². The Kier molecular flexibility index (Phi) is 5.14. The summed E-state index contributed by atoms with van der Waals surface area (Å²) >= 11 is 0. The summed E-state index contributed by atoms with van der Waals surface area (Å²) in [7, 11) is 3.47. The van der Waals surface area contributed by atoms with Gasteiger partial charge >= 0.3 is 0 Å². The Bertz CT molecular complexity index is 1230. The zero-order valence-corrected chi connectivity index (χ0v) is 16.9. The lowest BCUT2D eigenvalue weighted by Crippen LogP contribution is -2.17. The molecule has 0 radical (unpaired) electrons. The third-order valence-electron chi connectivity index (χ3n) is 5.08. The fourth-order valence-corrected chi connectivity index (χ4v) is 3.35. The molecule has 8 heteroatoms. The Morgan fingerprint density at radius 1 is 1.03 bits per heavy atom. The first kappa shape index (κ1) is 19.5. The van der Waals surface area contributed by atoms with Crippen molar-refractivity contribution in [3.63, 3.8) is 0 Å². The van der Waals surface area contributed by atoms with E-state index in [0.717, 1.165) is 5.56 Å². The lowest BCUT2D eigenvalue weighted by Gasteiger charge is -2.14. The van der Waals surface area contributed by atoms with Gasteiger partial charge in [-0.1, -0.05) is 18.2 Å². The highest BCUT2D eigenvalue weighted by molar-refractivity contribution is 5.79. The number of hydrogen-bond donors (Lipinski definition) is 1. The van der Waals surface area contributed by atoms with Gasteiger partial charge in [0.1, 0.15) is 5.82 Å². The van der Waals surface area contributed by atoms with Gasteiger partial charge in [0.05, 0.1) is 23.0 Å². The third kappa shape index (κ3) is 3.59. The normalized spacial score (nSPS) is 12.0. The number of nitrogens with one attached hydrogen (secondary N) is 1. The number of hydrogen-bond acceptors (Lipinski definition) is 5. The van der Waals surface area contributed by atoms with Gasteiger partial charge < -0.3 is 5.32 Å². The highest BCUT2D eigenvalue weighted by atomic mass is 19.1. The van der Waals surface area contributed by atoms with Gasteiger partial charge in [-0.3, -0.25) is 19.1 Å². The van der Waals surface area contributed by atoms with Gasteiger partial charge in [-0.2, -0.15) is 0 Å². The Hall–Kier alpha value is -3.81. The number of anilines is 1. The second-order valence-electron chi connectivity index (χ2n) is 7.00. The highest BCUT2D eigenvalue weighted by Gasteiger charge is 2.21. The molecular weight excluding hydrogens is 383 g/mol. The topological polar surface area (TPSA) is 77.6 Å². The quantitative estimate of drug-likeness (QED) is 0.550. The second kappa shape index (κ2) is 7.90. The number of pyridine rings is 1. The van der Waals surface area contributed by atoms with E-state index in [4.69, 9.17) is 0 Å². The average Bonchev–Trinajstić information content (AvgIpc) is 2.99. The van der Waals surface area contributed by atoms with E-state index in [2.05, 4.69) is 20.3 Å². The first-order valence-electron chi connectivity index (χ1n) is 9.47. The molecule has 1 N–H and O–H groups in total. The molecule has 0 spiro atoms. The predicted molar refractivity (Wildman–Crippen MR) is 113 cm³/mol. The molecule has 0 amide bonds. The van der Waals surface area contributed by atoms with Crippen LogP contribution in [0.5, 0.6) is 0 Å². The van der Waals surface area contributed by atoms with Crippen LogP contribution in [0.25, 0.3) is 22.5 Å². The zero-order chi connectivity index (χ0) is 21.3. The minimum atomic E-state index is -0.356. The number of halogens is 1. The van der Waals surface area contributed by atoms with Gasteiger partial charge in [-0.25, -0.2) is 14.4 Å². The molecule has 0 saturated carbocycles. The SMILES string of the molecule is C[C@H](Nc1nccc(-c2c(-c3ccc(F)cc3)c(=O)n(C)n2C)n1)c1cccnc1. The van der Waals surface area contributed by atoms with Crippen LogP contribution in [0.3, 0.4) is 0 Å². The number of nitrogens with zero attached hydrogens (tertiary/aromatic N) is 5. The van der Waals surface area contributed by atoms with Crippen LogP contribution >= 0.6 is 0 Å². The van der Waals surface area contributed by atoms with Gasteiger partial charge in [0.25, 0.3) is 5.56 Å². The number of aromatic nitrogens is 5. The van der Waals surface area contributed by atoms with Crippen LogP contribution in [0.4, 0.5) is 10.3 Å². The fraction of sp³-hybridized carbons (Fsp3) is 0.182. The monoisotopic (exact) mass is 404 g/mol. The van der Waals surface area contributed by atoms with Crippen molar-refractivity contribution in [1.82, 2.24) is 24.3 Å². The summed E-state index contributed by atoms with van der Waals surface area (Å²) in [4.78, 5) is 26.0. The predicted octanol–water partition coefficient (Wildman–Crippen LogP) is 3.56. The molecule has 0 aliphatic rings. The zero-order valence-electron chi connectivity index (χ0n) is 16.9. The van der Waals surface area contributed by atoms with Crippen LogP contribution in [0.15, 0.2) is 65.8 Å². The molecule has 0 aliphatic heterocycles. The lowest BCUT2D eigenvalue weighted by molar-refractivity contribution is 0.583. The van der Waals surface area contributed by atoms with Crippen molar-refractivity contribution < 1.29 is 4.39 Å². The Morgan fingerprint density at radius 2 is 1.80 bits per heavy atom. The number of rotatable bonds is 5. The van der Waals surface area contributed by atoms with E-state index < -0.39 is 0 Å². The van der Waals surface area contributed by atoms with Crippen molar-refractivity contribution in [2.24, 2.45) is 14.1 Å². The largest absolute Gasteiger partial charge is 0.348 e. The van der Waals surface area contributed by atoms with Crippen LogP contribution in [0, 0.1) is 5.82 Å². The molecule has 1 atom stereocenters.